The molecule has 42 heavy (non-hydrogen) atoms. The molecule has 3 heteroatoms. The predicted molar refractivity (Wildman–Crippen MR) is 170 cm³/mol. The van der Waals surface area contributed by atoms with Gasteiger partial charge in [0.25, 0.3) is 0 Å². The highest BCUT2D eigenvalue weighted by Gasteiger charge is 2.34. The Labute approximate surface area is 246 Å². The third kappa shape index (κ3) is 4.40. The third-order valence-electron chi connectivity index (χ3n) is 8.22. The molecule has 2 aliphatic carbocycles. The van der Waals surface area contributed by atoms with Crippen LogP contribution in [-0.4, -0.2) is 11.6 Å². The number of hydrogen-bond acceptors (Lipinski definition) is 3. The van der Waals surface area contributed by atoms with Gasteiger partial charge >= 0.3 is 0 Å². The number of Topliss-reactive ketones (excluding diaryl/α,β-unsaturated/α-hetero) is 2. The molecule has 202 valence electrons. The quantitative estimate of drug-likeness (QED) is 0.222. The molecule has 0 radical (unpaired) electrons. The van der Waals surface area contributed by atoms with E-state index < -0.39 is 0 Å². The van der Waals surface area contributed by atoms with Crippen LogP contribution in [0, 0.1) is 0 Å². The third-order valence-corrected chi connectivity index (χ3v) is 8.22. The second kappa shape index (κ2) is 10.6. The van der Waals surface area contributed by atoms with Gasteiger partial charge in [-0.05, 0) is 65.9 Å². The standard InChI is InChI=1S/C39H29NO2/c1-26-22-29-23-30-24-35(40(31-18-10-4-11-19-31)32-20-12-5-13-21-32)37(28-16-8-3-9-17-28)39(42)34(30)25-33(29)38(41)36(26)27-14-6-2-7-15-27/h2-21,23,25H,22,24H2,1H3. The lowest BCUT2D eigenvalue weighted by molar-refractivity contribution is 0.105. The number of nitrogens with zero attached hydrogens (tertiary/aromatic N) is 1. The fourth-order valence-corrected chi connectivity index (χ4v) is 6.34. The molecule has 7 rings (SSSR count). The number of benzene rings is 5. The van der Waals surface area contributed by atoms with Crippen molar-refractivity contribution in [2.75, 3.05) is 4.90 Å². The van der Waals surface area contributed by atoms with E-state index in [-0.39, 0.29) is 11.6 Å². The Balaban J connectivity index is 1.41. The molecular weight excluding hydrogens is 514 g/mol. The second-order valence-corrected chi connectivity index (χ2v) is 10.9. The summed E-state index contributed by atoms with van der Waals surface area (Å²) in [6.07, 6.45) is 1.24. The van der Waals surface area contributed by atoms with E-state index in [1.807, 2.05) is 110 Å². The fraction of sp³-hybridized carbons (Fsp3) is 0.0769. The summed E-state index contributed by atoms with van der Waals surface area (Å²) in [5.74, 6) is -0.0702. The molecule has 3 nitrogen and oxygen atoms in total. The normalized spacial score (nSPS) is 14.5. The highest BCUT2D eigenvalue weighted by molar-refractivity contribution is 6.34. The summed E-state index contributed by atoms with van der Waals surface area (Å²) in [4.78, 5) is 30.7. The van der Waals surface area contributed by atoms with E-state index in [4.69, 9.17) is 0 Å². The molecular formula is C39H29NO2. The molecule has 5 aromatic carbocycles. The summed E-state index contributed by atoms with van der Waals surface area (Å²) in [7, 11) is 0. The SMILES string of the molecule is CC1=C(c2ccccc2)C(=O)c2cc3c(cc2C1)CC(N(c1ccccc1)c1ccccc1)=C(c1ccccc1)C3=O. The van der Waals surface area contributed by atoms with Crippen LogP contribution in [0.25, 0.3) is 11.1 Å². The zero-order valence-electron chi connectivity index (χ0n) is 23.4. The van der Waals surface area contributed by atoms with Crippen molar-refractivity contribution in [1.82, 2.24) is 0 Å². The lowest BCUT2D eigenvalue weighted by Gasteiger charge is -2.34. The van der Waals surface area contributed by atoms with Gasteiger partial charge in [0, 0.05) is 45.8 Å². The molecule has 0 unspecified atom stereocenters. The molecule has 5 aromatic rings. The Bertz CT molecular complexity index is 1850. The molecule has 0 atom stereocenters. The summed E-state index contributed by atoms with van der Waals surface area (Å²) in [6, 6.07) is 44.1. The van der Waals surface area contributed by atoms with Crippen LogP contribution >= 0.6 is 0 Å². The number of anilines is 2. The van der Waals surface area contributed by atoms with E-state index in [0.29, 0.717) is 29.5 Å². The van der Waals surface area contributed by atoms with Crippen LogP contribution < -0.4 is 4.90 Å². The van der Waals surface area contributed by atoms with Crippen molar-refractivity contribution in [1.29, 1.82) is 0 Å². The highest BCUT2D eigenvalue weighted by atomic mass is 16.1. The van der Waals surface area contributed by atoms with Crippen LogP contribution in [0.15, 0.2) is 145 Å². The molecule has 0 aromatic heterocycles. The largest absolute Gasteiger partial charge is 0.313 e. The molecule has 2 aliphatic rings. The molecule has 0 heterocycles. The first-order valence-electron chi connectivity index (χ1n) is 14.3. The van der Waals surface area contributed by atoms with Gasteiger partial charge in [-0.1, -0.05) is 109 Å². The average Bonchev–Trinajstić information content (AvgIpc) is 3.03. The van der Waals surface area contributed by atoms with Crippen LogP contribution in [0.4, 0.5) is 11.4 Å². The van der Waals surface area contributed by atoms with E-state index >= 15 is 0 Å². The van der Waals surface area contributed by atoms with Crippen molar-refractivity contribution in [3.05, 3.63) is 178 Å². The number of carbonyl (C=O) groups is 2. The zero-order chi connectivity index (χ0) is 28.6. The van der Waals surface area contributed by atoms with Crippen molar-refractivity contribution in [2.24, 2.45) is 0 Å². The number of hydrogen-bond donors (Lipinski definition) is 0. The summed E-state index contributed by atoms with van der Waals surface area (Å²) in [6.45, 7) is 2.04. The molecule has 0 saturated heterocycles. The first-order chi connectivity index (χ1) is 20.6. The number of carbonyl (C=O) groups excluding carboxylic acids is 2. The van der Waals surface area contributed by atoms with E-state index in [0.717, 1.165) is 50.5 Å². The van der Waals surface area contributed by atoms with Crippen LogP contribution in [0.3, 0.4) is 0 Å². The van der Waals surface area contributed by atoms with Crippen molar-refractivity contribution in [2.45, 2.75) is 19.8 Å². The van der Waals surface area contributed by atoms with Crippen LogP contribution in [0.5, 0.6) is 0 Å². The summed E-state index contributed by atoms with van der Waals surface area (Å²) in [5.41, 5.74) is 10.3. The Morgan fingerprint density at radius 3 is 1.45 bits per heavy atom. The highest BCUT2D eigenvalue weighted by Crippen LogP contribution is 2.42. The average molecular weight is 544 g/mol. The van der Waals surface area contributed by atoms with Gasteiger partial charge in [0.05, 0.1) is 0 Å². The van der Waals surface area contributed by atoms with E-state index in [1.54, 1.807) is 0 Å². The van der Waals surface area contributed by atoms with Gasteiger partial charge in [0.1, 0.15) is 0 Å². The van der Waals surface area contributed by atoms with Crippen LogP contribution in [-0.2, 0) is 12.8 Å². The maximum atomic E-state index is 14.6. The van der Waals surface area contributed by atoms with E-state index in [9.17, 15) is 9.59 Å². The van der Waals surface area contributed by atoms with Gasteiger partial charge in [-0.2, -0.15) is 0 Å². The molecule has 0 N–H and O–H groups in total. The maximum Gasteiger partial charge on any atom is 0.195 e. The molecule has 0 spiro atoms. The lowest BCUT2D eigenvalue weighted by Crippen LogP contribution is -2.27. The Morgan fingerprint density at radius 1 is 0.500 bits per heavy atom. The number of rotatable bonds is 5. The molecule has 0 amide bonds. The first-order valence-corrected chi connectivity index (χ1v) is 14.3. The van der Waals surface area contributed by atoms with Gasteiger partial charge < -0.3 is 4.90 Å². The van der Waals surface area contributed by atoms with Gasteiger partial charge in [-0.3, -0.25) is 9.59 Å². The number of fused-ring (bicyclic) bond motifs is 2. The zero-order valence-corrected chi connectivity index (χ0v) is 23.4. The van der Waals surface area contributed by atoms with E-state index in [1.165, 1.54) is 0 Å². The number of para-hydroxylation sites is 2. The maximum absolute atomic E-state index is 14.6. The molecule has 0 bridgehead atoms. The van der Waals surface area contributed by atoms with Gasteiger partial charge in [-0.15, -0.1) is 0 Å². The number of allylic oxidation sites excluding steroid dienone is 4. The monoisotopic (exact) mass is 543 g/mol. The Kier molecular flexibility index (Phi) is 6.48. The fourth-order valence-electron chi connectivity index (χ4n) is 6.34. The van der Waals surface area contributed by atoms with Crippen LogP contribution in [0.1, 0.15) is 49.9 Å². The Hall–Kier alpha value is -5.28. The van der Waals surface area contributed by atoms with Crippen molar-refractivity contribution < 1.29 is 9.59 Å². The minimum absolute atomic E-state index is 0.0122. The van der Waals surface area contributed by atoms with E-state index in [2.05, 4.69) is 35.2 Å². The number of ketones is 2. The van der Waals surface area contributed by atoms with Gasteiger partial charge in [-0.25, -0.2) is 0 Å². The Morgan fingerprint density at radius 2 is 0.929 bits per heavy atom. The lowest BCUT2D eigenvalue weighted by atomic mass is 9.77. The molecule has 0 aliphatic heterocycles. The minimum Gasteiger partial charge on any atom is -0.313 e. The van der Waals surface area contributed by atoms with Crippen molar-refractivity contribution in [3.63, 3.8) is 0 Å². The summed E-state index contributed by atoms with van der Waals surface area (Å²) < 4.78 is 0. The van der Waals surface area contributed by atoms with Crippen molar-refractivity contribution >= 4 is 34.1 Å². The summed E-state index contributed by atoms with van der Waals surface area (Å²) in [5, 5.41) is 0. The molecule has 0 saturated carbocycles. The van der Waals surface area contributed by atoms with Crippen molar-refractivity contribution in [3.8, 4) is 0 Å². The minimum atomic E-state index is -0.0579. The summed E-state index contributed by atoms with van der Waals surface area (Å²) >= 11 is 0. The molecule has 0 fully saturated rings. The first kappa shape index (κ1) is 25.7. The van der Waals surface area contributed by atoms with Crippen LogP contribution in [0.2, 0.25) is 0 Å². The topological polar surface area (TPSA) is 37.4 Å². The second-order valence-electron chi connectivity index (χ2n) is 10.9. The predicted octanol–water partition coefficient (Wildman–Crippen LogP) is 8.89. The van der Waals surface area contributed by atoms with Gasteiger partial charge in [0.15, 0.2) is 11.6 Å². The van der Waals surface area contributed by atoms with Gasteiger partial charge in [0.2, 0.25) is 0 Å². The smallest absolute Gasteiger partial charge is 0.195 e.